The molecule has 1 saturated carbocycles. The fourth-order valence-electron chi connectivity index (χ4n) is 1.81. The Morgan fingerprint density at radius 2 is 1.86 bits per heavy atom. The molecule has 3 heteroatoms. The molecule has 0 amide bonds. The molecule has 1 aliphatic carbocycles. The largest absolute Gasteiger partial charge is 0.418 e. The van der Waals surface area contributed by atoms with Crippen molar-refractivity contribution in [1.82, 2.24) is 0 Å². The minimum absolute atomic E-state index is 0.00704. The summed E-state index contributed by atoms with van der Waals surface area (Å²) in [5.41, 5.74) is -0.00704. The summed E-state index contributed by atoms with van der Waals surface area (Å²) in [6.45, 7) is 11.4. The highest BCUT2D eigenvalue weighted by Gasteiger charge is 2.47. The highest BCUT2D eigenvalue weighted by molar-refractivity contribution is 6.31. The van der Waals surface area contributed by atoms with Crippen LogP contribution in [0.4, 0.5) is 0 Å². The maximum absolute atomic E-state index is 9.02. The van der Waals surface area contributed by atoms with Gasteiger partial charge in [0.2, 0.25) is 0 Å². The molecular formula is C11H24O2Si. The molecule has 1 aliphatic rings. The molecule has 2 nitrogen and oxygen atoms in total. The van der Waals surface area contributed by atoms with E-state index in [0.717, 1.165) is 6.42 Å². The van der Waals surface area contributed by atoms with E-state index >= 15 is 0 Å². The lowest BCUT2D eigenvalue weighted by atomic mass is 10.0. The summed E-state index contributed by atoms with van der Waals surface area (Å²) in [6, 6.07) is 0. The monoisotopic (exact) mass is 216 g/mol. The van der Waals surface area contributed by atoms with Gasteiger partial charge < -0.3 is 9.53 Å². The van der Waals surface area contributed by atoms with Crippen LogP contribution in [0.5, 0.6) is 0 Å². The van der Waals surface area contributed by atoms with Gasteiger partial charge in [0, 0.05) is 6.61 Å². The zero-order valence-electron chi connectivity index (χ0n) is 10.1. The average molecular weight is 216 g/mol. The first-order chi connectivity index (χ1) is 6.26. The van der Waals surface area contributed by atoms with Gasteiger partial charge in [0.1, 0.15) is 0 Å². The van der Waals surface area contributed by atoms with E-state index in [1.54, 1.807) is 0 Å². The first kappa shape index (κ1) is 12.2. The van der Waals surface area contributed by atoms with Gasteiger partial charge in [-0.05, 0) is 37.1 Å². The van der Waals surface area contributed by atoms with E-state index in [4.69, 9.17) is 9.53 Å². The highest BCUT2D eigenvalue weighted by atomic mass is 28.2. The van der Waals surface area contributed by atoms with Crippen LogP contribution in [0.2, 0.25) is 5.04 Å². The van der Waals surface area contributed by atoms with Crippen LogP contribution in [0.3, 0.4) is 0 Å². The van der Waals surface area contributed by atoms with E-state index in [9.17, 15) is 0 Å². The predicted molar refractivity (Wildman–Crippen MR) is 62.1 cm³/mol. The molecule has 84 valence electrons. The number of aliphatic hydroxyl groups excluding tert-OH is 1. The van der Waals surface area contributed by atoms with Crippen LogP contribution >= 0.6 is 0 Å². The molecule has 0 radical (unpaired) electrons. The van der Waals surface area contributed by atoms with Gasteiger partial charge in [-0.15, -0.1) is 0 Å². The summed E-state index contributed by atoms with van der Waals surface area (Å²) in [5, 5.41) is 9.39. The molecule has 2 atom stereocenters. The van der Waals surface area contributed by atoms with E-state index in [0.29, 0.717) is 23.5 Å². The zero-order valence-corrected chi connectivity index (χ0v) is 11.5. The molecule has 0 aliphatic heterocycles. The predicted octanol–water partition coefficient (Wildman–Crippen LogP) is 1.71. The zero-order chi connectivity index (χ0) is 11.0. The van der Waals surface area contributed by atoms with Gasteiger partial charge in [-0.3, -0.25) is 0 Å². The normalized spacial score (nSPS) is 28.7. The van der Waals surface area contributed by atoms with Crippen molar-refractivity contribution in [3.8, 4) is 0 Å². The van der Waals surface area contributed by atoms with Crippen molar-refractivity contribution < 1.29 is 9.53 Å². The van der Waals surface area contributed by atoms with Gasteiger partial charge in [0.25, 0.3) is 0 Å². The standard InChI is InChI=1S/C11H24O2Si/c1-10(2,3)14-13-11(4,5)9-6-8(9)7-12/h8-9,12H,6-7,14H2,1-5H3/t8-,9-/m0/s1. The summed E-state index contributed by atoms with van der Waals surface area (Å²) in [4.78, 5) is 0. The second-order valence-corrected chi connectivity index (χ2v) is 8.94. The fourth-order valence-corrected chi connectivity index (χ4v) is 2.83. The third kappa shape index (κ3) is 3.37. The summed E-state index contributed by atoms with van der Waals surface area (Å²) in [5.74, 6) is 1.08. The Bertz CT molecular complexity index is 196. The van der Waals surface area contributed by atoms with E-state index < -0.39 is 9.76 Å². The van der Waals surface area contributed by atoms with Gasteiger partial charge in [0.15, 0.2) is 9.76 Å². The number of rotatable bonds is 4. The summed E-state index contributed by atoms with van der Waals surface area (Å²) < 4.78 is 6.08. The molecule has 0 saturated heterocycles. The topological polar surface area (TPSA) is 29.5 Å². The van der Waals surface area contributed by atoms with E-state index in [-0.39, 0.29) is 5.60 Å². The van der Waals surface area contributed by atoms with Crippen molar-refractivity contribution in [1.29, 1.82) is 0 Å². The molecule has 0 spiro atoms. The van der Waals surface area contributed by atoms with Gasteiger partial charge >= 0.3 is 0 Å². The molecule has 1 N–H and O–H groups in total. The van der Waals surface area contributed by atoms with Crippen molar-refractivity contribution in [3.05, 3.63) is 0 Å². The second kappa shape index (κ2) is 3.95. The maximum Gasteiger partial charge on any atom is 0.167 e. The number of hydrogen-bond acceptors (Lipinski definition) is 2. The van der Waals surface area contributed by atoms with Crippen LogP contribution in [0.25, 0.3) is 0 Å². The molecule has 0 aromatic heterocycles. The Hall–Kier alpha value is 0.137. The fraction of sp³-hybridized carbons (Fsp3) is 1.00. The lowest BCUT2D eigenvalue weighted by Gasteiger charge is -2.30. The SMILES string of the molecule is CC(C)(C)[SiH2]OC(C)(C)[C@H]1C[C@H]1CO. The minimum Gasteiger partial charge on any atom is -0.418 e. The van der Waals surface area contributed by atoms with Gasteiger partial charge in [-0.2, -0.15) is 0 Å². The molecule has 14 heavy (non-hydrogen) atoms. The Morgan fingerprint density at radius 3 is 2.21 bits per heavy atom. The smallest absolute Gasteiger partial charge is 0.167 e. The maximum atomic E-state index is 9.02. The van der Waals surface area contributed by atoms with Crippen LogP contribution < -0.4 is 0 Å². The van der Waals surface area contributed by atoms with Crippen molar-refractivity contribution in [2.24, 2.45) is 11.8 Å². The highest BCUT2D eigenvalue weighted by Crippen LogP contribution is 2.47. The average Bonchev–Trinajstić information content (AvgIpc) is 2.78. The van der Waals surface area contributed by atoms with Crippen LogP contribution in [0, 0.1) is 11.8 Å². The first-order valence-corrected chi connectivity index (χ1v) is 6.79. The van der Waals surface area contributed by atoms with Gasteiger partial charge in [-0.25, -0.2) is 0 Å². The third-order valence-corrected chi connectivity index (χ3v) is 4.68. The Kier molecular flexibility index (Phi) is 3.44. The molecule has 0 aromatic rings. The molecule has 0 bridgehead atoms. The molecule has 1 fully saturated rings. The van der Waals surface area contributed by atoms with Crippen molar-refractivity contribution in [2.75, 3.05) is 6.61 Å². The van der Waals surface area contributed by atoms with Crippen molar-refractivity contribution >= 4 is 9.76 Å². The van der Waals surface area contributed by atoms with E-state index in [1.165, 1.54) is 0 Å². The van der Waals surface area contributed by atoms with E-state index in [2.05, 4.69) is 34.6 Å². The van der Waals surface area contributed by atoms with E-state index in [1.807, 2.05) is 0 Å². The molecule has 0 heterocycles. The van der Waals surface area contributed by atoms with Gasteiger partial charge in [-0.1, -0.05) is 20.8 Å². The second-order valence-electron chi connectivity index (χ2n) is 6.24. The summed E-state index contributed by atoms with van der Waals surface area (Å²) in [6.07, 6.45) is 1.14. The number of aliphatic hydroxyl groups is 1. The Labute approximate surface area is 90.0 Å². The Balaban J connectivity index is 2.36. The quantitative estimate of drug-likeness (QED) is 0.725. The molecule has 1 rings (SSSR count). The molecular weight excluding hydrogens is 192 g/mol. The lowest BCUT2D eigenvalue weighted by molar-refractivity contribution is 0.0739. The van der Waals surface area contributed by atoms with Crippen LogP contribution in [0.1, 0.15) is 41.0 Å². The van der Waals surface area contributed by atoms with Gasteiger partial charge in [0.05, 0.1) is 5.60 Å². The third-order valence-electron chi connectivity index (χ3n) is 2.93. The van der Waals surface area contributed by atoms with Crippen LogP contribution in [-0.4, -0.2) is 27.1 Å². The van der Waals surface area contributed by atoms with Crippen LogP contribution in [-0.2, 0) is 4.43 Å². The van der Waals surface area contributed by atoms with Crippen molar-refractivity contribution in [3.63, 3.8) is 0 Å². The molecule has 0 unspecified atom stereocenters. The minimum atomic E-state index is -0.469. The number of hydrogen-bond donors (Lipinski definition) is 1. The van der Waals surface area contributed by atoms with Crippen molar-refractivity contribution in [2.45, 2.75) is 51.7 Å². The summed E-state index contributed by atoms with van der Waals surface area (Å²) in [7, 11) is -0.469. The summed E-state index contributed by atoms with van der Waals surface area (Å²) >= 11 is 0. The molecule has 0 aromatic carbocycles. The Morgan fingerprint density at radius 1 is 1.29 bits per heavy atom. The first-order valence-electron chi connectivity index (χ1n) is 5.51. The lowest BCUT2D eigenvalue weighted by Crippen LogP contribution is -2.32. The van der Waals surface area contributed by atoms with Crippen LogP contribution in [0.15, 0.2) is 0 Å².